The van der Waals surface area contributed by atoms with Gasteiger partial charge in [-0.25, -0.2) is 4.79 Å². The molecule has 0 radical (unpaired) electrons. The average Bonchev–Trinajstić information content (AvgIpc) is 3.24. The fraction of sp³-hybridized carbons (Fsp3) is 0.860. The molecule has 0 aromatic carbocycles. The van der Waals surface area contributed by atoms with Crippen LogP contribution in [-0.4, -0.2) is 148 Å². The van der Waals surface area contributed by atoms with E-state index in [-0.39, 0.29) is 81.5 Å². The van der Waals surface area contributed by atoms with Gasteiger partial charge in [-0.05, 0) is 96.8 Å². The molecule has 0 aliphatic heterocycles. The maximum Gasteiger partial charge on any atom is 0.407 e. The Morgan fingerprint density at radius 1 is 0.516 bits per heavy atom. The highest BCUT2D eigenvalue weighted by Crippen LogP contribution is 2.15. The number of ether oxygens (including phenoxy) is 7. The van der Waals surface area contributed by atoms with Crippen molar-refractivity contribution in [3.05, 3.63) is 0 Å². The van der Waals surface area contributed by atoms with Crippen molar-refractivity contribution in [1.29, 1.82) is 0 Å². The Balaban J connectivity index is 4.91. The normalized spacial score (nSPS) is 12.6. The first-order valence-corrected chi connectivity index (χ1v) is 22.7. The first-order valence-electron chi connectivity index (χ1n) is 22.7. The topological polar surface area (TPSA) is 267 Å². The molecule has 0 aliphatic carbocycles. The molecule has 0 spiro atoms. The third-order valence-electron chi connectivity index (χ3n) is 9.77. The van der Waals surface area contributed by atoms with Gasteiger partial charge in [-0.1, -0.05) is 26.2 Å². The van der Waals surface area contributed by atoms with Crippen LogP contribution in [0.1, 0.15) is 116 Å². The molecule has 8 N–H and O–H groups in total. The fourth-order valence-electron chi connectivity index (χ4n) is 6.06. The summed E-state index contributed by atoms with van der Waals surface area (Å²) in [6, 6.07) is 0. The lowest BCUT2D eigenvalue weighted by Gasteiger charge is -2.19. The Morgan fingerprint density at radius 3 is 1.68 bits per heavy atom. The largest absolute Gasteiger partial charge is 0.463 e. The summed E-state index contributed by atoms with van der Waals surface area (Å²) in [6.07, 6.45) is 9.82. The molecule has 362 valence electrons. The zero-order valence-corrected chi connectivity index (χ0v) is 38.1. The molecule has 19 heteroatoms. The lowest BCUT2D eigenvalue weighted by atomic mass is 9.97. The number of hydrogen-bond donors (Lipinski definition) is 6. The van der Waals surface area contributed by atoms with Gasteiger partial charge in [-0.2, -0.15) is 0 Å². The molecule has 0 aromatic heterocycles. The summed E-state index contributed by atoms with van der Waals surface area (Å²) in [6.45, 7) is 7.91. The number of primary amides is 2. The Labute approximate surface area is 370 Å². The van der Waals surface area contributed by atoms with E-state index in [4.69, 9.17) is 44.6 Å². The van der Waals surface area contributed by atoms with E-state index in [2.05, 4.69) is 21.3 Å². The van der Waals surface area contributed by atoms with Gasteiger partial charge in [0, 0.05) is 52.0 Å². The summed E-state index contributed by atoms with van der Waals surface area (Å²) in [4.78, 5) is 73.0. The van der Waals surface area contributed by atoms with E-state index in [1.165, 1.54) is 0 Å². The van der Waals surface area contributed by atoms with Gasteiger partial charge in [0.2, 0.25) is 17.7 Å². The van der Waals surface area contributed by atoms with Crippen molar-refractivity contribution < 1.29 is 61.9 Å². The second-order valence-corrected chi connectivity index (χ2v) is 15.3. The number of carbonyl (C=O) groups is 6. The quantitative estimate of drug-likeness (QED) is 0.0292. The van der Waals surface area contributed by atoms with Crippen LogP contribution in [0.4, 0.5) is 4.79 Å². The third kappa shape index (κ3) is 39.2. The number of unbranched alkanes of at least 4 members (excludes halogenated alkanes) is 4. The summed E-state index contributed by atoms with van der Waals surface area (Å²) in [5, 5.41) is 12.4. The summed E-state index contributed by atoms with van der Waals surface area (Å²) in [5.41, 5.74) is 10.6. The van der Waals surface area contributed by atoms with Crippen LogP contribution in [-0.2, 0) is 57.1 Å². The van der Waals surface area contributed by atoms with Gasteiger partial charge in [0.05, 0.1) is 46.1 Å². The van der Waals surface area contributed by atoms with Gasteiger partial charge < -0.3 is 65.9 Å². The lowest BCUT2D eigenvalue weighted by molar-refractivity contribution is -0.150. The highest BCUT2D eigenvalue weighted by atomic mass is 16.6. The highest BCUT2D eigenvalue weighted by molar-refractivity contribution is 5.83. The molecular weight excluding hydrogens is 809 g/mol. The molecule has 0 rings (SSSR count). The molecule has 0 aromatic rings. The summed E-state index contributed by atoms with van der Waals surface area (Å²) in [5.74, 6) is -2.51. The van der Waals surface area contributed by atoms with Crippen LogP contribution in [0.3, 0.4) is 0 Å². The molecule has 0 aliphatic rings. The number of hydrogen-bond acceptors (Lipinski definition) is 15. The zero-order valence-electron chi connectivity index (χ0n) is 38.1. The molecule has 4 amide bonds. The molecule has 0 saturated heterocycles. The Morgan fingerprint density at radius 2 is 1.06 bits per heavy atom. The van der Waals surface area contributed by atoms with Gasteiger partial charge >= 0.3 is 18.0 Å². The van der Waals surface area contributed by atoms with Crippen molar-refractivity contribution in [2.75, 3.05) is 106 Å². The molecule has 0 fully saturated rings. The van der Waals surface area contributed by atoms with Crippen LogP contribution >= 0.6 is 0 Å². The number of nitrogens with one attached hydrogen (secondary N) is 4. The minimum Gasteiger partial charge on any atom is -0.463 e. The zero-order chi connectivity index (χ0) is 45.9. The number of amides is 4. The Bertz CT molecular complexity index is 1170. The van der Waals surface area contributed by atoms with Crippen LogP contribution in [0.2, 0.25) is 0 Å². The standard InChI is InChI=1S/C43H82N6O13/c1-35(41(45)53)14-6-9-21-47-23-12-17-37(16-11-22-46-20-8-4-5-18-38(44)50)62-39(51)19-13-25-48-42(54)36(34-40(52)60-32-30-58-28-26-56-2)15-7-10-24-49-43(55)61-33-31-59-29-27-57-3/h35-37,46-47H,4-34H2,1-3H3,(H2,44,50)(H2,45,53)(H,48,54)(H,49,55). The van der Waals surface area contributed by atoms with Crippen molar-refractivity contribution in [3.63, 3.8) is 0 Å². The first kappa shape index (κ1) is 58.4. The number of nitrogens with two attached hydrogens (primary N) is 2. The number of esters is 2. The number of alkyl carbamates (subject to hydrolysis) is 1. The van der Waals surface area contributed by atoms with Gasteiger partial charge in [0.15, 0.2) is 0 Å². The van der Waals surface area contributed by atoms with Gasteiger partial charge in [-0.15, -0.1) is 0 Å². The van der Waals surface area contributed by atoms with Crippen molar-refractivity contribution in [3.8, 4) is 0 Å². The van der Waals surface area contributed by atoms with Crippen molar-refractivity contribution in [1.82, 2.24) is 21.3 Å². The van der Waals surface area contributed by atoms with E-state index in [0.29, 0.717) is 77.9 Å². The second-order valence-electron chi connectivity index (χ2n) is 15.3. The first-order chi connectivity index (χ1) is 30.0. The van der Waals surface area contributed by atoms with E-state index in [1.54, 1.807) is 14.2 Å². The maximum atomic E-state index is 13.3. The molecular formula is C43H82N6O13. The third-order valence-corrected chi connectivity index (χ3v) is 9.77. The Kier molecular flexibility index (Phi) is 40.2. The number of methoxy groups -OCH3 is 2. The predicted octanol–water partition coefficient (Wildman–Crippen LogP) is 2.64. The van der Waals surface area contributed by atoms with Gasteiger partial charge in [0.1, 0.15) is 19.3 Å². The summed E-state index contributed by atoms with van der Waals surface area (Å²) in [7, 11) is 3.14. The smallest absolute Gasteiger partial charge is 0.407 e. The minimum absolute atomic E-state index is 0.0508. The van der Waals surface area contributed by atoms with E-state index in [9.17, 15) is 28.8 Å². The van der Waals surface area contributed by atoms with Crippen molar-refractivity contribution in [2.24, 2.45) is 23.3 Å². The molecule has 0 heterocycles. The minimum atomic E-state index is -0.666. The molecule has 19 nitrogen and oxygen atoms in total. The average molecular weight is 891 g/mol. The predicted molar refractivity (Wildman–Crippen MR) is 234 cm³/mol. The maximum absolute atomic E-state index is 13.3. The van der Waals surface area contributed by atoms with Gasteiger partial charge in [-0.3, -0.25) is 24.0 Å². The molecule has 0 bridgehead atoms. The summed E-state index contributed by atoms with van der Waals surface area (Å²) >= 11 is 0. The monoisotopic (exact) mass is 891 g/mol. The highest BCUT2D eigenvalue weighted by Gasteiger charge is 2.23. The van der Waals surface area contributed by atoms with E-state index >= 15 is 0 Å². The number of carbonyl (C=O) groups excluding carboxylic acids is 6. The second kappa shape index (κ2) is 42.7. The van der Waals surface area contributed by atoms with E-state index in [1.807, 2.05) is 6.92 Å². The number of rotatable bonds is 45. The van der Waals surface area contributed by atoms with Crippen LogP contribution in [0, 0.1) is 11.8 Å². The van der Waals surface area contributed by atoms with Crippen LogP contribution in [0.25, 0.3) is 0 Å². The van der Waals surface area contributed by atoms with Crippen LogP contribution < -0.4 is 32.7 Å². The van der Waals surface area contributed by atoms with Crippen molar-refractivity contribution in [2.45, 2.75) is 122 Å². The lowest BCUT2D eigenvalue weighted by Crippen LogP contribution is -2.34. The van der Waals surface area contributed by atoms with Crippen LogP contribution in [0.15, 0.2) is 0 Å². The van der Waals surface area contributed by atoms with E-state index in [0.717, 1.165) is 77.5 Å². The van der Waals surface area contributed by atoms with Gasteiger partial charge in [0.25, 0.3) is 0 Å². The molecule has 62 heavy (non-hydrogen) atoms. The fourth-order valence-corrected chi connectivity index (χ4v) is 6.06. The summed E-state index contributed by atoms with van der Waals surface area (Å²) < 4.78 is 36.7. The van der Waals surface area contributed by atoms with Crippen molar-refractivity contribution >= 4 is 35.8 Å². The van der Waals surface area contributed by atoms with Crippen LogP contribution in [0.5, 0.6) is 0 Å². The molecule has 3 unspecified atom stereocenters. The van der Waals surface area contributed by atoms with E-state index < -0.39 is 18.0 Å². The molecule has 0 saturated carbocycles. The SMILES string of the molecule is COCCOCCOC(=O)CC(CCCCNC(=O)OCCOCCOC)C(=O)NCCCC(=O)OC(CCCNCCCCCC(N)=O)CCCNCCCCC(C)C(N)=O. The molecule has 3 atom stereocenters. The Hall–Kier alpha value is -3.62.